The van der Waals surface area contributed by atoms with E-state index in [4.69, 9.17) is 10.2 Å². The van der Waals surface area contributed by atoms with Crippen molar-refractivity contribution in [3.8, 4) is 0 Å². The molecular formula is C20H32N2O8. The molecule has 0 radical (unpaired) electrons. The lowest BCUT2D eigenvalue weighted by Crippen LogP contribution is -2.33. The van der Waals surface area contributed by atoms with Crippen molar-refractivity contribution in [3.05, 3.63) is 0 Å². The highest BCUT2D eigenvalue weighted by Gasteiger charge is 2.13. The summed E-state index contributed by atoms with van der Waals surface area (Å²) in [5.74, 6) is -2.03. The first-order chi connectivity index (χ1) is 14.2. The van der Waals surface area contributed by atoms with Crippen molar-refractivity contribution in [2.75, 3.05) is 0 Å². The lowest BCUT2D eigenvalue weighted by molar-refractivity contribution is -0.138. The van der Waals surface area contributed by atoms with Crippen LogP contribution in [0, 0.1) is 0 Å². The van der Waals surface area contributed by atoms with Gasteiger partial charge in [-0.15, -0.1) is 0 Å². The molecule has 4 N–H and O–H groups in total. The third-order valence-corrected chi connectivity index (χ3v) is 4.20. The Hall–Kier alpha value is -2.78. The minimum Gasteiger partial charge on any atom is -0.481 e. The van der Waals surface area contributed by atoms with Gasteiger partial charge in [0.2, 0.25) is 23.6 Å². The van der Waals surface area contributed by atoms with Gasteiger partial charge >= 0.3 is 11.9 Å². The van der Waals surface area contributed by atoms with E-state index in [9.17, 15) is 28.8 Å². The summed E-state index contributed by atoms with van der Waals surface area (Å²) in [6.45, 7) is 0. The average Bonchev–Trinajstić information content (AvgIpc) is 2.64. The number of carbonyl (C=O) groups is 6. The molecule has 0 aromatic rings. The van der Waals surface area contributed by atoms with Crippen LogP contribution in [0.5, 0.6) is 0 Å². The molecule has 0 aliphatic carbocycles. The third-order valence-electron chi connectivity index (χ3n) is 4.20. The SMILES string of the molecule is O=C(O)CCCCCCCCC(=O)O.O=C1CCCC(=O)N1.O=C1CCCC(=O)N1. The molecule has 2 fully saturated rings. The van der Waals surface area contributed by atoms with E-state index in [1.165, 1.54) is 0 Å². The van der Waals surface area contributed by atoms with Gasteiger partial charge < -0.3 is 10.2 Å². The smallest absolute Gasteiger partial charge is 0.303 e. The minimum absolute atomic E-state index is 0.138. The summed E-state index contributed by atoms with van der Waals surface area (Å²) in [6, 6.07) is 0. The van der Waals surface area contributed by atoms with Crippen LogP contribution in [0.3, 0.4) is 0 Å². The summed E-state index contributed by atoms with van der Waals surface area (Å²) in [5, 5.41) is 21.1. The zero-order valence-electron chi connectivity index (χ0n) is 17.2. The molecule has 2 heterocycles. The van der Waals surface area contributed by atoms with Crippen molar-refractivity contribution in [1.29, 1.82) is 0 Å². The van der Waals surface area contributed by atoms with Gasteiger partial charge in [-0.3, -0.25) is 39.4 Å². The van der Waals surface area contributed by atoms with Crippen LogP contribution in [-0.4, -0.2) is 45.8 Å². The fourth-order valence-electron chi connectivity index (χ4n) is 2.64. The highest BCUT2D eigenvalue weighted by atomic mass is 16.4. The van der Waals surface area contributed by atoms with Crippen LogP contribution in [0.2, 0.25) is 0 Å². The number of amides is 4. The van der Waals surface area contributed by atoms with Gasteiger partial charge in [-0.25, -0.2) is 0 Å². The lowest BCUT2D eigenvalue weighted by atomic mass is 10.1. The predicted molar refractivity (Wildman–Crippen MR) is 106 cm³/mol. The molecular weight excluding hydrogens is 396 g/mol. The molecule has 2 saturated heterocycles. The maximum Gasteiger partial charge on any atom is 0.303 e. The number of hydrogen-bond acceptors (Lipinski definition) is 6. The molecule has 0 spiro atoms. The molecule has 2 aliphatic heterocycles. The fraction of sp³-hybridized carbons (Fsp3) is 0.700. The molecule has 30 heavy (non-hydrogen) atoms. The van der Waals surface area contributed by atoms with Gasteiger partial charge in [0.15, 0.2) is 0 Å². The molecule has 0 saturated carbocycles. The van der Waals surface area contributed by atoms with E-state index in [-0.39, 0.29) is 36.5 Å². The van der Waals surface area contributed by atoms with Crippen LogP contribution >= 0.6 is 0 Å². The topological polar surface area (TPSA) is 167 Å². The van der Waals surface area contributed by atoms with Gasteiger partial charge in [-0.1, -0.05) is 25.7 Å². The number of nitrogens with one attached hydrogen (secondary N) is 2. The van der Waals surface area contributed by atoms with E-state index in [1.54, 1.807) is 0 Å². The molecule has 0 atom stereocenters. The van der Waals surface area contributed by atoms with E-state index < -0.39 is 11.9 Å². The maximum atomic E-state index is 10.3. The highest BCUT2D eigenvalue weighted by molar-refractivity contribution is 5.97. The first kappa shape index (κ1) is 27.2. The number of aliphatic carboxylic acids is 2. The van der Waals surface area contributed by atoms with Gasteiger partial charge in [-0.05, 0) is 25.7 Å². The van der Waals surface area contributed by atoms with Crippen LogP contribution in [0.15, 0.2) is 0 Å². The van der Waals surface area contributed by atoms with Gasteiger partial charge in [0.25, 0.3) is 0 Å². The lowest BCUT2D eigenvalue weighted by Gasteiger charge is -2.07. The number of carboxylic acid groups (broad SMARTS) is 2. The summed E-state index contributed by atoms with van der Waals surface area (Å²) in [4.78, 5) is 61.7. The Morgan fingerprint density at radius 3 is 1.03 bits per heavy atom. The number of unbranched alkanes of at least 4 members (excludes halogenated alkanes) is 5. The van der Waals surface area contributed by atoms with Crippen LogP contribution in [-0.2, 0) is 28.8 Å². The van der Waals surface area contributed by atoms with Crippen LogP contribution in [0.1, 0.15) is 89.9 Å². The monoisotopic (exact) mass is 428 g/mol. The van der Waals surface area contributed by atoms with Gasteiger partial charge in [-0.2, -0.15) is 0 Å². The second-order valence-corrected chi connectivity index (χ2v) is 7.06. The normalized spacial score (nSPS) is 15.6. The number of hydrogen-bond donors (Lipinski definition) is 4. The maximum absolute atomic E-state index is 10.3. The predicted octanol–water partition coefficient (Wildman–Crippen LogP) is 1.90. The van der Waals surface area contributed by atoms with Gasteiger partial charge in [0.05, 0.1) is 0 Å². The van der Waals surface area contributed by atoms with E-state index in [0.717, 1.165) is 38.5 Å². The van der Waals surface area contributed by atoms with Crippen LogP contribution in [0.4, 0.5) is 0 Å². The molecule has 0 unspecified atom stereocenters. The second kappa shape index (κ2) is 17.1. The van der Waals surface area contributed by atoms with Crippen molar-refractivity contribution in [2.24, 2.45) is 0 Å². The average molecular weight is 428 g/mol. The standard InChI is InChI=1S/C10H18O4.2C5H7NO2/c11-9(12)7-5-3-1-2-4-6-8-10(13)14;2*7-4-2-1-3-5(8)6-4/h1-8H2,(H,11,12)(H,13,14);2*1-3H2,(H,6,7,8). The van der Waals surface area contributed by atoms with Crippen LogP contribution in [0.25, 0.3) is 0 Å². The van der Waals surface area contributed by atoms with Crippen molar-refractivity contribution in [2.45, 2.75) is 89.9 Å². The zero-order chi connectivity index (χ0) is 22.8. The molecule has 0 bridgehead atoms. The number of imide groups is 2. The third kappa shape index (κ3) is 18.6. The Balaban J connectivity index is 0.000000447. The summed E-state index contributed by atoms with van der Waals surface area (Å²) < 4.78 is 0. The summed E-state index contributed by atoms with van der Waals surface area (Å²) in [5.41, 5.74) is 0. The summed E-state index contributed by atoms with van der Waals surface area (Å²) >= 11 is 0. The number of carboxylic acids is 2. The Morgan fingerprint density at radius 2 is 0.833 bits per heavy atom. The molecule has 170 valence electrons. The first-order valence-corrected chi connectivity index (χ1v) is 10.3. The first-order valence-electron chi connectivity index (χ1n) is 10.3. The van der Waals surface area contributed by atoms with E-state index in [1.807, 2.05) is 0 Å². The van der Waals surface area contributed by atoms with Crippen molar-refractivity contribution >= 4 is 35.6 Å². The number of piperidine rings is 2. The number of rotatable bonds is 9. The Kier molecular flexibility index (Phi) is 15.5. The Labute approximate surface area is 175 Å². The largest absolute Gasteiger partial charge is 0.481 e. The molecule has 2 rings (SSSR count). The second-order valence-electron chi connectivity index (χ2n) is 7.06. The molecule has 10 heteroatoms. The Morgan fingerprint density at radius 1 is 0.567 bits per heavy atom. The highest BCUT2D eigenvalue weighted by Crippen LogP contribution is 2.08. The minimum atomic E-state index is -0.740. The van der Waals surface area contributed by atoms with Crippen molar-refractivity contribution in [3.63, 3.8) is 0 Å². The molecule has 10 nitrogen and oxygen atoms in total. The van der Waals surface area contributed by atoms with Crippen molar-refractivity contribution in [1.82, 2.24) is 10.6 Å². The van der Waals surface area contributed by atoms with E-state index in [0.29, 0.717) is 38.5 Å². The molecule has 0 aromatic carbocycles. The Bertz CT molecular complexity index is 524. The molecule has 4 amide bonds. The van der Waals surface area contributed by atoms with E-state index in [2.05, 4.69) is 10.6 Å². The molecule has 0 aromatic heterocycles. The fourth-order valence-corrected chi connectivity index (χ4v) is 2.64. The quantitative estimate of drug-likeness (QED) is 0.319. The number of carbonyl (C=O) groups excluding carboxylic acids is 4. The van der Waals surface area contributed by atoms with Gasteiger partial charge in [0, 0.05) is 38.5 Å². The summed E-state index contributed by atoms with van der Waals surface area (Å²) in [7, 11) is 0. The van der Waals surface area contributed by atoms with Gasteiger partial charge in [0.1, 0.15) is 0 Å². The molecule has 2 aliphatic rings. The van der Waals surface area contributed by atoms with Crippen LogP contribution < -0.4 is 10.6 Å². The summed E-state index contributed by atoms with van der Waals surface area (Å²) in [6.07, 6.45) is 9.27. The van der Waals surface area contributed by atoms with Crippen molar-refractivity contribution < 1.29 is 39.0 Å². The van der Waals surface area contributed by atoms with E-state index >= 15 is 0 Å². The zero-order valence-corrected chi connectivity index (χ0v) is 17.2.